The maximum atomic E-state index is 10.4. The Hall–Kier alpha value is -0.550. The molecule has 110 valence electrons. The summed E-state index contributed by atoms with van der Waals surface area (Å²) in [6.45, 7) is 9.83. The third-order valence-electron chi connectivity index (χ3n) is 3.58. The van der Waals surface area contributed by atoms with Gasteiger partial charge in [0.15, 0.2) is 0 Å². The van der Waals surface area contributed by atoms with Crippen molar-refractivity contribution in [3.05, 3.63) is 39.3 Å². The quantitative estimate of drug-likeness (QED) is 0.804. The average Bonchev–Trinajstić information content (AvgIpc) is 2.43. The normalized spacial score (nSPS) is 17.9. The highest BCUT2D eigenvalue weighted by Gasteiger charge is 2.27. The lowest BCUT2D eigenvalue weighted by Crippen LogP contribution is -2.45. The molecule has 0 spiro atoms. The van der Waals surface area contributed by atoms with E-state index in [0.717, 1.165) is 43.7 Å². The lowest BCUT2D eigenvalue weighted by Gasteiger charge is -2.36. The average molecular weight is 360 g/mol. The van der Waals surface area contributed by atoms with Crippen molar-refractivity contribution in [2.75, 3.05) is 26.2 Å². The van der Waals surface area contributed by atoms with Crippen molar-refractivity contribution < 1.29 is 5.11 Å². The molecule has 0 saturated carbocycles. The Labute approximate surface area is 133 Å². The van der Waals surface area contributed by atoms with E-state index in [0.29, 0.717) is 9.50 Å². The van der Waals surface area contributed by atoms with Crippen LogP contribution in [0.4, 0.5) is 0 Å². The monoisotopic (exact) mass is 358 g/mol. The van der Waals surface area contributed by atoms with Gasteiger partial charge in [-0.05, 0) is 41.4 Å². The zero-order chi connectivity index (χ0) is 14.7. The minimum atomic E-state index is 0.0691. The molecule has 1 aliphatic heterocycles. The molecule has 1 fully saturated rings. The summed E-state index contributed by atoms with van der Waals surface area (Å²) in [4.78, 5) is 2.36. The van der Waals surface area contributed by atoms with Gasteiger partial charge in [-0.1, -0.05) is 17.2 Å². The van der Waals surface area contributed by atoms with Gasteiger partial charge in [-0.2, -0.15) is 0 Å². The summed E-state index contributed by atoms with van der Waals surface area (Å²) in [5.74, 6) is 0.238. The molecule has 2 rings (SSSR count). The van der Waals surface area contributed by atoms with Crippen LogP contribution in [0.1, 0.15) is 24.9 Å². The smallest absolute Gasteiger partial charge is 0.136 e. The molecule has 0 aliphatic carbocycles. The summed E-state index contributed by atoms with van der Waals surface area (Å²) in [5.41, 5.74) is 1.88. The minimum Gasteiger partial charge on any atom is -0.506 e. The number of rotatable bonds is 4. The van der Waals surface area contributed by atoms with Crippen LogP contribution >= 0.6 is 27.5 Å². The molecule has 1 aromatic carbocycles. The van der Waals surface area contributed by atoms with Gasteiger partial charge in [0.2, 0.25) is 0 Å². The maximum absolute atomic E-state index is 10.4. The zero-order valence-corrected chi connectivity index (χ0v) is 14.0. The summed E-state index contributed by atoms with van der Waals surface area (Å²) in [6.07, 6.45) is 0.795. The molecule has 1 heterocycles. The molecule has 1 aromatic rings. The SMILES string of the molecule is C=C(C)C[C@@H](c1c(Cl)ccc(Br)c1O)N1CCNCC1. The highest BCUT2D eigenvalue weighted by molar-refractivity contribution is 9.10. The van der Waals surface area contributed by atoms with Gasteiger partial charge in [-0.15, -0.1) is 6.58 Å². The van der Waals surface area contributed by atoms with E-state index in [1.165, 1.54) is 0 Å². The molecule has 1 atom stereocenters. The van der Waals surface area contributed by atoms with E-state index in [9.17, 15) is 5.11 Å². The molecule has 3 nitrogen and oxygen atoms in total. The summed E-state index contributed by atoms with van der Waals surface area (Å²) in [5, 5.41) is 14.3. The predicted molar refractivity (Wildman–Crippen MR) is 87.4 cm³/mol. The van der Waals surface area contributed by atoms with Crippen molar-refractivity contribution >= 4 is 27.5 Å². The number of nitrogens with one attached hydrogen (secondary N) is 1. The van der Waals surface area contributed by atoms with Crippen LogP contribution in [0, 0.1) is 0 Å². The Bertz CT molecular complexity index is 501. The van der Waals surface area contributed by atoms with Gasteiger partial charge in [-0.25, -0.2) is 0 Å². The molecule has 0 amide bonds. The lowest BCUT2D eigenvalue weighted by atomic mass is 9.97. The highest BCUT2D eigenvalue weighted by atomic mass is 79.9. The first-order valence-corrected chi connectivity index (χ1v) is 7.94. The number of nitrogens with zero attached hydrogens (tertiary/aromatic N) is 1. The van der Waals surface area contributed by atoms with Gasteiger partial charge in [0.1, 0.15) is 5.75 Å². The highest BCUT2D eigenvalue weighted by Crippen LogP contribution is 2.41. The standard InChI is InChI=1S/C15H20BrClN2O/c1-10(2)9-13(19-7-5-18-6-8-19)14-12(17)4-3-11(16)15(14)20/h3-4,13,18,20H,1,5-9H2,2H3/t13-/m0/s1. The molecule has 20 heavy (non-hydrogen) atoms. The van der Waals surface area contributed by atoms with Crippen molar-refractivity contribution in [3.63, 3.8) is 0 Å². The molecular weight excluding hydrogens is 340 g/mol. The number of aromatic hydroxyl groups is 1. The summed E-state index contributed by atoms with van der Waals surface area (Å²) in [6, 6.07) is 3.67. The number of phenols is 1. The van der Waals surface area contributed by atoms with E-state index in [4.69, 9.17) is 11.6 Å². The molecule has 0 aromatic heterocycles. The second kappa shape index (κ2) is 6.94. The Morgan fingerprint density at radius 3 is 2.75 bits per heavy atom. The van der Waals surface area contributed by atoms with Crippen LogP contribution in [0.5, 0.6) is 5.75 Å². The van der Waals surface area contributed by atoms with Gasteiger partial charge in [0.25, 0.3) is 0 Å². The number of halogens is 2. The number of hydrogen-bond acceptors (Lipinski definition) is 3. The number of phenolic OH excluding ortho intramolecular Hbond substituents is 1. The van der Waals surface area contributed by atoms with Crippen LogP contribution < -0.4 is 5.32 Å². The minimum absolute atomic E-state index is 0.0691. The predicted octanol–water partition coefficient (Wildman–Crippen LogP) is 3.72. The molecule has 5 heteroatoms. The fraction of sp³-hybridized carbons (Fsp3) is 0.467. The summed E-state index contributed by atoms with van der Waals surface area (Å²) < 4.78 is 0.679. The lowest BCUT2D eigenvalue weighted by molar-refractivity contribution is 0.170. The van der Waals surface area contributed by atoms with Crippen molar-refractivity contribution in [2.45, 2.75) is 19.4 Å². The van der Waals surface area contributed by atoms with Gasteiger partial charge in [0, 0.05) is 42.8 Å². The molecule has 1 saturated heterocycles. The molecular formula is C15H20BrClN2O. The Kier molecular flexibility index (Phi) is 5.49. The fourth-order valence-electron chi connectivity index (χ4n) is 2.61. The first-order valence-electron chi connectivity index (χ1n) is 6.76. The van der Waals surface area contributed by atoms with E-state index < -0.39 is 0 Å². The number of benzene rings is 1. The second-order valence-corrected chi connectivity index (χ2v) is 6.52. The van der Waals surface area contributed by atoms with Crippen LogP contribution in [-0.2, 0) is 0 Å². The number of piperazine rings is 1. The summed E-state index contributed by atoms with van der Waals surface area (Å²) in [7, 11) is 0. The van der Waals surface area contributed by atoms with E-state index in [1.54, 1.807) is 6.07 Å². The molecule has 2 N–H and O–H groups in total. The maximum Gasteiger partial charge on any atom is 0.136 e. The molecule has 1 aliphatic rings. The first-order chi connectivity index (χ1) is 9.50. The van der Waals surface area contributed by atoms with Gasteiger partial charge < -0.3 is 10.4 Å². The van der Waals surface area contributed by atoms with Gasteiger partial charge >= 0.3 is 0 Å². The van der Waals surface area contributed by atoms with Gasteiger partial charge in [0.05, 0.1) is 4.47 Å². The van der Waals surface area contributed by atoms with Crippen molar-refractivity contribution in [3.8, 4) is 5.75 Å². The van der Waals surface area contributed by atoms with Crippen molar-refractivity contribution in [1.29, 1.82) is 0 Å². The largest absolute Gasteiger partial charge is 0.506 e. The second-order valence-electron chi connectivity index (χ2n) is 5.25. The van der Waals surface area contributed by atoms with E-state index >= 15 is 0 Å². The van der Waals surface area contributed by atoms with Crippen LogP contribution in [0.2, 0.25) is 5.02 Å². The third-order valence-corrected chi connectivity index (χ3v) is 4.55. The van der Waals surface area contributed by atoms with Crippen molar-refractivity contribution in [1.82, 2.24) is 10.2 Å². The third kappa shape index (κ3) is 3.55. The Morgan fingerprint density at radius 1 is 1.50 bits per heavy atom. The molecule has 0 unspecified atom stereocenters. The molecule has 0 bridgehead atoms. The van der Waals surface area contributed by atoms with E-state index in [1.807, 2.05) is 13.0 Å². The van der Waals surface area contributed by atoms with E-state index in [2.05, 4.69) is 32.7 Å². The number of hydrogen-bond donors (Lipinski definition) is 2. The zero-order valence-electron chi connectivity index (χ0n) is 11.6. The molecule has 0 radical (unpaired) electrons. The first kappa shape index (κ1) is 15.8. The van der Waals surface area contributed by atoms with Crippen LogP contribution in [0.15, 0.2) is 28.8 Å². The van der Waals surface area contributed by atoms with E-state index in [-0.39, 0.29) is 11.8 Å². The topological polar surface area (TPSA) is 35.5 Å². The summed E-state index contributed by atoms with van der Waals surface area (Å²) >= 11 is 9.72. The van der Waals surface area contributed by atoms with Crippen LogP contribution in [0.3, 0.4) is 0 Å². The van der Waals surface area contributed by atoms with Crippen LogP contribution in [0.25, 0.3) is 0 Å². The van der Waals surface area contributed by atoms with Crippen LogP contribution in [-0.4, -0.2) is 36.2 Å². The Balaban J connectivity index is 2.40. The van der Waals surface area contributed by atoms with Gasteiger partial charge in [-0.3, -0.25) is 4.90 Å². The van der Waals surface area contributed by atoms with Crippen molar-refractivity contribution in [2.24, 2.45) is 0 Å². The fourth-order valence-corrected chi connectivity index (χ4v) is 3.24. The Morgan fingerprint density at radius 2 is 2.15 bits per heavy atom.